The summed E-state index contributed by atoms with van der Waals surface area (Å²) < 4.78 is 26.7. The maximum Gasteiger partial charge on any atom is 0.179 e. The van der Waals surface area contributed by atoms with Crippen LogP contribution in [0.3, 0.4) is 0 Å². The zero-order valence-corrected chi connectivity index (χ0v) is 12.6. The minimum Gasteiger partial charge on any atom is -0.309 e. The van der Waals surface area contributed by atoms with E-state index in [0.29, 0.717) is 5.92 Å². The highest BCUT2D eigenvalue weighted by atomic mass is 19.1. The Morgan fingerprint density at radius 3 is 2.57 bits per heavy atom. The molecule has 0 saturated carbocycles. The number of carbonyl (C=O) groups excluding carboxylic acids is 1. The summed E-state index contributed by atoms with van der Waals surface area (Å²) in [5.74, 6) is -0.927. The minimum atomic E-state index is -0.649. The van der Waals surface area contributed by atoms with Crippen LogP contribution in [0.4, 0.5) is 8.78 Å². The zero-order chi connectivity index (χ0) is 15.4. The SMILES string of the molecule is CN(C)CC1CCN(CC(=O)c2cc(F)ccc2F)CC1. The molecular weight excluding hydrogens is 274 g/mol. The van der Waals surface area contributed by atoms with Gasteiger partial charge in [0.2, 0.25) is 0 Å². The van der Waals surface area contributed by atoms with Crippen LogP contribution in [0.2, 0.25) is 0 Å². The molecule has 21 heavy (non-hydrogen) atoms. The van der Waals surface area contributed by atoms with Crippen LogP contribution in [0.1, 0.15) is 23.2 Å². The second-order valence-corrected chi connectivity index (χ2v) is 6.03. The lowest BCUT2D eigenvalue weighted by molar-refractivity contribution is 0.0881. The second-order valence-electron chi connectivity index (χ2n) is 6.03. The molecular formula is C16H22F2N2O. The van der Waals surface area contributed by atoms with E-state index < -0.39 is 11.6 Å². The van der Waals surface area contributed by atoms with Gasteiger partial charge in [0, 0.05) is 6.54 Å². The summed E-state index contributed by atoms with van der Waals surface area (Å²) >= 11 is 0. The van der Waals surface area contributed by atoms with Gasteiger partial charge in [0.15, 0.2) is 5.78 Å². The van der Waals surface area contributed by atoms with Crippen molar-refractivity contribution in [2.24, 2.45) is 5.92 Å². The van der Waals surface area contributed by atoms with Crippen molar-refractivity contribution in [2.75, 3.05) is 40.3 Å². The maximum atomic E-state index is 13.6. The van der Waals surface area contributed by atoms with Crippen molar-refractivity contribution in [3.05, 3.63) is 35.4 Å². The summed E-state index contributed by atoms with van der Waals surface area (Å²) in [4.78, 5) is 16.3. The van der Waals surface area contributed by atoms with Gasteiger partial charge in [-0.05, 0) is 64.1 Å². The van der Waals surface area contributed by atoms with Crippen LogP contribution in [0.15, 0.2) is 18.2 Å². The third kappa shape index (κ3) is 4.58. The quantitative estimate of drug-likeness (QED) is 0.780. The van der Waals surface area contributed by atoms with Gasteiger partial charge in [-0.1, -0.05) is 0 Å². The van der Waals surface area contributed by atoms with E-state index in [-0.39, 0.29) is 17.9 Å². The first-order chi connectivity index (χ1) is 9.95. The lowest BCUT2D eigenvalue weighted by atomic mass is 9.96. The summed E-state index contributed by atoms with van der Waals surface area (Å²) in [6, 6.07) is 3.02. The van der Waals surface area contributed by atoms with Gasteiger partial charge in [-0.15, -0.1) is 0 Å². The Hall–Kier alpha value is -1.33. The van der Waals surface area contributed by atoms with Crippen molar-refractivity contribution < 1.29 is 13.6 Å². The topological polar surface area (TPSA) is 23.6 Å². The van der Waals surface area contributed by atoms with Crippen molar-refractivity contribution in [3.63, 3.8) is 0 Å². The lowest BCUT2D eigenvalue weighted by Gasteiger charge is -2.32. The third-order valence-electron chi connectivity index (χ3n) is 3.93. The molecule has 1 fully saturated rings. The summed E-state index contributed by atoms with van der Waals surface area (Å²) in [5, 5.41) is 0. The van der Waals surface area contributed by atoms with E-state index in [4.69, 9.17) is 0 Å². The highest BCUT2D eigenvalue weighted by Crippen LogP contribution is 2.18. The first-order valence-corrected chi connectivity index (χ1v) is 7.31. The van der Waals surface area contributed by atoms with Crippen LogP contribution in [0.5, 0.6) is 0 Å². The van der Waals surface area contributed by atoms with Crippen LogP contribution in [-0.2, 0) is 0 Å². The molecule has 2 rings (SSSR count). The molecule has 0 aromatic heterocycles. The standard InChI is InChI=1S/C16H22F2N2O/c1-19(2)10-12-5-7-20(8-6-12)11-16(21)14-9-13(17)3-4-15(14)18/h3-4,9,12H,5-8,10-11H2,1-2H3. The number of Topliss-reactive ketones (excluding diaryl/α,β-unsaturated/α-hetero) is 1. The van der Waals surface area contributed by atoms with Gasteiger partial charge < -0.3 is 4.90 Å². The molecule has 0 aliphatic carbocycles. The van der Waals surface area contributed by atoms with Gasteiger partial charge >= 0.3 is 0 Å². The van der Waals surface area contributed by atoms with E-state index in [1.165, 1.54) is 0 Å². The predicted octanol–water partition coefficient (Wildman–Crippen LogP) is 2.42. The first kappa shape index (κ1) is 16.0. The minimum absolute atomic E-state index is 0.148. The fourth-order valence-electron chi connectivity index (χ4n) is 2.84. The molecule has 116 valence electrons. The molecule has 0 bridgehead atoms. The van der Waals surface area contributed by atoms with Gasteiger partial charge in [-0.2, -0.15) is 0 Å². The largest absolute Gasteiger partial charge is 0.309 e. The molecule has 3 nitrogen and oxygen atoms in total. The Morgan fingerprint density at radius 2 is 1.95 bits per heavy atom. The Labute approximate surface area is 124 Å². The zero-order valence-electron chi connectivity index (χ0n) is 12.6. The van der Waals surface area contributed by atoms with Crippen molar-refractivity contribution in [3.8, 4) is 0 Å². The Kier molecular flexibility index (Phi) is 5.42. The molecule has 0 amide bonds. The number of benzene rings is 1. The number of nitrogens with zero attached hydrogens (tertiary/aromatic N) is 2. The smallest absolute Gasteiger partial charge is 0.179 e. The molecule has 1 aromatic carbocycles. The number of halogens is 2. The highest BCUT2D eigenvalue weighted by Gasteiger charge is 2.22. The maximum absolute atomic E-state index is 13.6. The molecule has 1 saturated heterocycles. The molecule has 1 aromatic rings. The van der Waals surface area contributed by atoms with E-state index in [2.05, 4.69) is 19.0 Å². The van der Waals surface area contributed by atoms with E-state index >= 15 is 0 Å². The molecule has 0 spiro atoms. The van der Waals surface area contributed by atoms with Gasteiger partial charge in [0.25, 0.3) is 0 Å². The Morgan fingerprint density at radius 1 is 1.29 bits per heavy atom. The average molecular weight is 296 g/mol. The Bertz CT molecular complexity index is 497. The van der Waals surface area contributed by atoms with Gasteiger partial charge in [0.1, 0.15) is 11.6 Å². The average Bonchev–Trinajstić information content (AvgIpc) is 2.43. The van der Waals surface area contributed by atoms with Crippen molar-refractivity contribution in [1.29, 1.82) is 0 Å². The van der Waals surface area contributed by atoms with Crippen molar-refractivity contribution >= 4 is 5.78 Å². The van der Waals surface area contributed by atoms with Crippen LogP contribution in [0, 0.1) is 17.6 Å². The van der Waals surface area contributed by atoms with Crippen molar-refractivity contribution in [1.82, 2.24) is 9.80 Å². The molecule has 0 atom stereocenters. The van der Waals surface area contributed by atoms with Crippen molar-refractivity contribution in [2.45, 2.75) is 12.8 Å². The number of piperidine rings is 1. The fraction of sp³-hybridized carbons (Fsp3) is 0.562. The van der Waals surface area contributed by atoms with E-state index in [1.807, 2.05) is 4.90 Å². The summed E-state index contributed by atoms with van der Waals surface area (Å²) in [6.07, 6.45) is 2.08. The highest BCUT2D eigenvalue weighted by molar-refractivity contribution is 5.97. The van der Waals surface area contributed by atoms with E-state index in [1.54, 1.807) is 0 Å². The molecule has 1 aliphatic heterocycles. The summed E-state index contributed by atoms with van der Waals surface area (Å²) in [7, 11) is 4.12. The van der Waals surface area contributed by atoms with E-state index in [9.17, 15) is 13.6 Å². The van der Waals surface area contributed by atoms with Crippen LogP contribution >= 0.6 is 0 Å². The summed E-state index contributed by atoms with van der Waals surface area (Å²) in [5.41, 5.74) is -0.148. The molecule has 0 unspecified atom stereocenters. The van der Waals surface area contributed by atoms with Gasteiger partial charge in [0.05, 0.1) is 12.1 Å². The van der Waals surface area contributed by atoms with Crippen LogP contribution < -0.4 is 0 Å². The molecule has 1 heterocycles. The monoisotopic (exact) mass is 296 g/mol. The number of carbonyl (C=O) groups is 1. The number of ketones is 1. The molecule has 1 aliphatic rings. The molecule has 0 N–H and O–H groups in total. The van der Waals surface area contributed by atoms with Crippen LogP contribution in [-0.4, -0.2) is 55.9 Å². The van der Waals surface area contributed by atoms with Crippen LogP contribution in [0.25, 0.3) is 0 Å². The van der Waals surface area contributed by atoms with Gasteiger partial charge in [-0.25, -0.2) is 8.78 Å². The Balaban J connectivity index is 1.88. The molecule has 0 radical (unpaired) electrons. The van der Waals surface area contributed by atoms with E-state index in [0.717, 1.165) is 50.7 Å². The fourth-order valence-corrected chi connectivity index (χ4v) is 2.84. The number of likely N-dealkylation sites (tertiary alicyclic amines) is 1. The predicted molar refractivity (Wildman–Crippen MR) is 78.4 cm³/mol. The first-order valence-electron chi connectivity index (χ1n) is 7.31. The number of hydrogen-bond donors (Lipinski definition) is 0. The summed E-state index contributed by atoms with van der Waals surface area (Å²) in [6.45, 7) is 2.89. The molecule has 5 heteroatoms. The normalized spacial score (nSPS) is 17.4. The number of hydrogen-bond acceptors (Lipinski definition) is 3. The lowest BCUT2D eigenvalue weighted by Crippen LogP contribution is -2.39. The number of rotatable bonds is 5. The third-order valence-corrected chi connectivity index (χ3v) is 3.93. The second kappa shape index (κ2) is 7.09. The van der Waals surface area contributed by atoms with Gasteiger partial charge in [-0.3, -0.25) is 9.69 Å².